The molecule has 0 aliphatic carbocycles. The van der Waals surface area contributed by atoms with E-state index in [1.165, 1.54) is 11.5 Å². The van der Waals surface area contributed by atoms with Gasteiger partial charge >= 0.3 is 17.7 Å². The van der Waals surface area contributed by atoms with Gasteiger partial charge in [0.15, 0.2) is 0 Å². The van der Waals surface area contributed by atoms with Crippen LogP contribution in [0.5, 0.6) is 5.75 Å². The van der Waals surface area contributed by atoms with Crippen LogP contribution in [0.2, 0.25) is 0 Å². The second kappa shape index (κ2) is 5.23. The lowest BCUT2D eigenvalue weighted by Gasteiger charge is -2.15. The van der Waals surface area contributed by atoms with E-state index in [1.54, 1.807) is 0 Å². The standard InChI is InChI=1S/C8H6BrF2N3O4/c9-4-1-2-6(5(3-4)14(16)17)18-8(10,11)7(15)13-12/h1-3H,12H2,(H,13,15). The second-order valence-corrected chi connectivity index (χ2v) is 3.88. The zero-order valence-corrected chi connectivity index (χ0v) is 10.1. The van der Waals surface area contributed by atoms with Gasteiger partial charge in [0.1, 0.15) is 0 Å². The third-order valence-electron chi connectivity index (χ3n) is 1.75. The molecule has 10 heteroatoms. The Kier molecular flexibility index (Phi) is 4.14. The number of hydrogen-bond acceptors (Lipinski definition) is 5. The quantitative estimate of drug-likeness (QED) is 0.375. The van der Waals surface area contributed by atoms with Crippen molar-refractivity contribution in [3.05, 3.63) is 32.8 Å². The van der Waals surface area contributed by atoms with Crippen molar-refractivity contribution in [3.8, 4) is 5.75 Å². The minimum Gasteiger partial charge on any atom is -0.418 e. The van der Waals surface area contributed by atoms with Gasteiger partial charge in [-0.15, -0.1) is 0 Å². The van der Waals surface area contributed by atoms with E-state index in [9.17, 15) is 23.7 Å². The molecule has 3 N–H and O–H groups in total. The molecular weight excluding hydrogens is 320 g/mol. The Morgan fingerprint density at radius 2 is 2.17 bits per heavy atom. The molecule has 1 rings (SSSR count). The highest BCUT2D eigenvalue weighted by atomic mass is 79.9. The highest BCUT2D eigenvalue weighted by Crippen LogP contribution is 2.33. The molecule has 18 heavy (non-hydrogen) atoms. The first-order valence-electron chi connectivity index (χ1n) is 4.29. The minimum atomic E-state index is -4.31. The number of nitrogens with one attached hydrogen (secondary N) is 1. The van der Waals surface area contributed by atoms with Gasteiger partial charge in [-0.25, -0.2) is 5.84 Å². The van der Waals surface area contributed by atoms with Gasteiger partial charge in [0, 0.05) is 10.5 Å². The molecular formula is C8H6BrF2N3O4. The van der Waals surface area contributed by atoms with Gasteiger partial charge in [-0.3, -0.25) is 20.3 Å². The van der Waals surface area contributed by atoms with Crippen molar-refractivity contribution >= 4 is 27.5 Å². The molecule has 0 heterocycles. The molecule has 0 spiro atoms. The van der Waals surface area contributed by atoms with Gasteiger partial charge in [-0.05, 0) is 12.1 Å². The fraction of sp³-hybridized carbons (Fsp3) is 0.125. The van der Waals surface area contributed by atoms with Crippen LogP contribution in [0.25, 0.3) is 0 Å². The van der Waals surface area contributed by atoms with Gasteiger partial charge in [0.05, 0.1) is 4.92 Å². The van der Waals surface area contributed by atoms with E-state index < -0.39 is 28.4 Å². The van der Waals surface area contributed by atoms with Crippen LogP contribution >= 0.6 is 15.9 Å². The predicted octanol–water partition coefficient (Wildman–Crippen LogP) is 1.32. The molecule has 0 aromatic heterocycles. The Hall–Kier alpha value is -1.81. The number of ether oxygens (including phenoxy) is 1. The molecule has 0 bridgehead atoms. The van der Waals surface area contributed by atoms with Crippen molar-refractivity contribution in [2.75, 3.05) is 0 Å². The van der Waals surface area contributed by atoms with E-state index in [2.05, 4.69) is 26.5 Å². The molecule has 0 aliphatic rings. The van der Waals surface area contributed by atoms with Crippen molar-refractivity contribution < 1.29 is 23.2 Å². The molecule has 0 aliphatic heterocycles. The largest absolute Gasteiger partial charge is 0.483 e. The summed E-state index contributed by atoms with van der Waals surface area (Å²) in [5.41, 5.74) is 0.479. The van der Waals surface area contributed by atoms with Gasteiger partial charge in [-0.1, -0.05) is 15.9 Å². The van der Waals surface area contributed by atoms with E-state index in [4.69, 9.17) is 0 Å². The number of rotatable bonds is 4. The van der Waals surface area contributed by atoms with E-state index in [0.717, 1.165) is 12.1 Å². The maximum absolute atomic E-state index is 13.1. The number of nitrogens with two attached hydrogens (primary N) is 1. The SMILES string of the molecule is NNC(=O)C(F)(F)Oc1ccc(Br)cc1[N+](=O)[O-]. The number of nitro groups is 1. The lowest BCUT2D eigenvalue weighted by molar-refractivity contribution is -0.387. The van der Waals surface area contributed by atoms with Crippen molar-refractivity contribution in [2.24, 2.45) is 5.84 Å². The van der Waals surface area contributed by atoms with Gasteiger partial charge in [0.25, 0.3) is 0 Å². The topological polar surface area (TPSA) is 107 Å². The Bertz CT molecular complexity index is 497. The first-order valence-corrected chi connectivity index (χ1v) is 5.09. The van der Waals surface area contributed by atoms with Gasteiger partial charge in [0.2, 0.25) is 5.75 Å². The van der Waals surface area contributed by atoms with Crippen LogP contribution < -0.4 is 16.0 Å². The number of benzene rings is 1. The van der Waals surface area contributed by atoms with Crippen LogP contribution in [0.15, 0.2) is 22.7 Å². The van der Waals surface area contributed by atoms with Crippen LogP contribution in [0, 0.1) is 10.1 Å². The van der Waals surface area contributed by atoms with Crippen LogP contribution in [-0.2, 0) is 4.79 Å². The maximum Gasteiger partial charge on any atom is 0.483 e. The summed E-state index contributed by atoms with van der Waals surface area (Å²) in [7, 11) is 0. The molecule has 0 saturated carbocycles. The maximum atomic E-state index is 13.1. The summed E-state index contributed by atoms with van der Waals surface area (Å²) < 4.78 is 30.5. The van der Waals surface area contributed by atoms with E-state index >= 15 is 0 Å². The minimum absolute atomic E-state index is 0.299. The number of nitro benzene ring substituents is 1. The van der Waals surface area contributed by atoms with Crippen LogP contribution in [0.4, 0.5) is 14.5 Å². The average Bonchev–Trinajstić information content (AvgIpc) is 2.29. The fourth-order valence-electron chi connectivity index (χ4n) is 0.988. The molecule has 0 saturated heterocycles. The van der Waals surface area contributed by atoms with Crippen LogP contribution in [0.3, 0.4) is 0 Å². The van der Waals surface area contributed by atoms with Crippen molar-refractivity contribution in [3.63, 3.8) is 0 Å². The Morgan fingerprint density at radius 3 is 2.67 bits per heavy atom. The van der Waals surface area contributed by atoms with E-state index in [-0.39, 0.29) is 0 Å². The van der Waals surface area contributed by atoms with E-state index in [1.807, 2.05) is 0 Å². The fourth-order valence-corrected chi connectivity index (χ4v) is 1.34. The summed E-state index contributed by atoms with van der Waals surface area (Å²) in [5, 5.41) is 10.6. The number of amides is 1. The highest BCUT2D eigenvalue weighted by molar-refractivity contribution is 9.10. The lowest BCUT2D eigenvalue weighted by atomic mass is 10.3. The Labute approximate surface area is 107 Å². The monoisotopic (exact) mass is 325 g/mol. The number of hydrogen-bond donors (Lipinski definition) is 2. The van der Waals surface area contributed by atoms with Crippen LogP contribution in [-0.4, -0.2) is 16.9 Å². The van der Waals surface area contributed by atoms with Gasteiger partial charge in [-0.2, -0.15) is 8.78 Å². The molecule has 1 aromatic carbocycles. The van der Waals surface area contributed by atoms with Crippen molar-refractivity contribution in [1.29, 1.82) is 0 Å². The zero-order chi connectivity index (χ0) is 13.9. The summed E-state index contributed by atoms with van der Waals surface area (Å²) in [4.78, 5) is 20.4. The third-order valence-corrected chi connectivity index (χ3v) is 2.24. The average molecular weight is 326 g/mol. The summed E-state index contributed by atoms with van der Waals surface area (Å²) in [6.45, 7) is 0. The molecule has 0 radical (unpaired) electrons. The van der Waals surface area contributed by atoms with Crippen molar-refractivity contribution in [2.45, 2.75) is 6.11 Å². The van der Waals surface area contributed by atoms with Crippen LogP contribution in [0.1, 0.15) is 0 Å². The first kappa shape index (κ1) is 14.3. The number of halogens is 3. The summed E-state index contributed by atoms with van der Waals surface area (Å²) in [6.07, 6.45) is -4.31. The number of hydrazine groups is 1. The van der Waals surface area contributed by atoms with E-state index in [0.29, 0.717) is 4.47 Å². The lowest BCUT2D eigenvalue weighted by Crippen LogP contribution is -2.47. The smallest absolute Gasteiger partial charge is 0.418 e. The summed E-state index contributed by atoms with van der Waals surface area (Å²) >= 11 is 2.94. The highest BCUT2D eigenvalue weighted by Gasteiger charge is 2.43. The molecule has 1 aromatic rings. The molecule has 7 nitrogen and oxygen atoms in total. The second-order valence-electron chi connectivity index (χ2n) is 2.96. The van der Waals surface area contributed by atoms with Gasteiger partial charge < -0.3 is 4.74 Å². The summed E-state index contributed by atoms with van der Waals surface area (Å²) in [6, 6.07) is 3.14. The third kappa shape index (κ3) is 3.11. The molecule has 98 valence electrons. The normalized spacial score (nSPS) is 10.9. The van der Waals surface area contributed by atoms with Crippen molar-refractivity contribution in [1.82, 2.24) is 5.43 Å². The number of alkyl halides is 2. The Morgan fingerprint density at radius 1 is 1.56 bits per heavy atom. The number of nitrogens with zero attached hydrogens (tertiary/aromatic N) is 1. The number of carbonyl (C=O) groups is 1. The summed E-state index contributed by atoms with van der Waals surface area (Å²) in [5.74, 6) is 1.86. The molecule has 0 fully saturated rings. The predicted molar refractivity (Wildman–Crippen MR) is 58.7 cm³/mol. The molecule has 0 unspecified atom stereocenters. The molecule has 0 atom stereocenters. The number of carbonyl (C=O) groups excluding carboxylic acids is 1. The molecule has 1 amide bonds. The Balaban J connectivity index is 3.11. The first-order chi connectivity index (χ1) is 8.27. The zero-order valence-electron chi connectivity index (χ0n) is 8.52.